The van der Waals surface area contributed by atoms with Crippen LogP contribution in [-0.4, -0.2) is 74.9 Å². The molecule has 50 heavy (non-hydrogen) atoms. The predicted molar refractivity (Wildman–Crippen MR) is 182 cm³/mol. The van der Waals surface area contributed by atoms with E-state index in [0.29, 0.717) is 60.6 Å². The van der Waals surface area contributed by atoms with Gasteiger partial charge in [-0.3, -0.25) is 14.4 Å². The molecule has 3 aromatic heterocycles. The summed E-state index contributed by atoms with van der Waals surface area (Å²) in [6, 6.07) is 8.21. The van der Waals surface area contributed by atoms with Crippen molar-refractivity contribution in [1.82, 2.24) is 30.0 Å². The molecule has 4 aromatic rings. The van der Waals surface area contributed by atoms with Gasteiger partial charge >= 0.3 is 6.09 Å². The van der Waals surface area contributed by atoms with Crippen LogP contribution >= 0.6 is 0 Å². The summed E-state index contributed by atoms with van der Waals surface area (Å²) < 4.78 is 12.6. The van der Waals surface area contributed by atoms with Gasteiger partial charge in [0, 0.05) is 49.4 Å². The first-order chi connectivity index (χ1) is 23.8. The predicted octanol–water partition coefficient (Wildman–Crippen LogP) is 4.51. The lowest BCUT2D eigenvalue weighted by molar-refractivity contribution is -0.107. The summed E-state index contributed by atoms with van der Waals surface area (Å²) in [4.78, 5) is 71.7. The normalized spacial score (nSPS) is 12.6. The Bertz CT molecular complexity index is 1890. The van der Waals surface area contributed by atoms with Crippen LogP contribution < -0.4 is 21.1 Å². The van der Waals surface area contributed by atoms with Crippen molar-refractivity contribution in [3.8, 4) is 23.0 Å². The quantitative estimate of drug-likeness (QED) is 0.125. The Labute approximate surface area is 288 Å². The third-order valence-corrected chi connectivity index (χ3v) is 8.04. The Morgan fingerprint density at radius 1 is 1.12 bits per heavy atom. The van der Waals surface area contributed by atoms with Crippen LogP contribution in [0.4, 0.5) is 10.5 Å². The second-order valence-electron chi connectivity index (χ2n) is 13.1. The number of hydrogen-bond acceptors (Lipinski definition) is 10. The van der Waals surface area contributed by atoms with Gasteiger partial charge in [-0.2, -0.15) is 5.10 Å². The van der Waals surface area contributed by atoms with E-state index in [4.69, 9.17) is 14.9 Å². The third-order valence-electron chi connectivity index (χ3n) is 8.04. The van der Waals surface area contributed by atoms with Gasteiger partial charge in [0.15, 0.2) is 11.4 Å². The van der Waals surface area contributed by atoms with Gasteiger partial charge in [0.1, 0.15) is 12.5 Å². The number of carbonyl (C=O) groups excluding carboxylic acids is 5. The Morgan fingerprint density at radius 2 is 1.86 bits per heavy atom. The van der Waals surface area contributed by atoms with Gasteiger partial charge in [0.05, 0.1) is 17.6 Å². The van der Waals surface area contributed by atoms with Crippen molar-refractivity contribution in [1.29, 1.82) is 0 Å². The van der Waals surface area contributed by atoms with Gasteiger partial charge in [0.25, 0.3) is 17.7 Å². The van der Waals surface area contributed by atoms with Gasteiger partial charge in [-0.05, 0) is 67.3 Å². The average molecular weight is 685 g/mol. The molecule has 1 aliphatic rings. The number of aldehydes is 1. The molecule has 0 radical (unpaired) electrons. The van der Waals surface area contributed by atoms with E-state index in [1.165, 1.54) is 23.3 Å². The zero-order chi connectivity index (χ0) is 36.0. The van der Waals surface area contributed by atoms with Crippen LogP contribution in [0.3, 0.4) is 0 Å². The van der Waals surface area contributed by atoms with Crippen molar-refractivity contribution < 1.29 is 33.1 Å². The lowest BCUT2D eigenvalue weighted by atomic mass is 9.84. The summed E-state index contributed by atoms with van der Waals surface area (Å²) in [6.07, 6.45) is 8.34. The number of pyridine rings is 1. The molecule has 262 valence electrons. The molecule has 0 unspecified atom stereocenters. The summed E-state index contributed by atoms with van der Waals surface area (Å²) >= 11 is 0. The highest BCUT2D eigenvalue weighted by molar-refractivity contribution is 6.07. The highest BCUT2D eigenvalue weighted by atomic mass is 16.6. The van der Waals surface area contributed by atoms with E-state index >= 15 is 0 Å². The number of unbranched alkanes of at least 4 members (excludes halogenated alkanes) is 2. The van der Waals surface area contributed by atoms with Crippen LogP contribution in [-0.2, 0) is 10.2 Å². The van der Waals surface area contributed by atoms with Gasteiger partial charge in [0.2, 0.25) is 11.8 Å². The van der Waals surface area contributed by atoms with E-state index in [2.05, 4.69) is 25.7 Å². The summed E-state index contributed by atoms with van der Waals surface area (Å²) in [5.41, 5.74) is 6.77. The molecule has 0 saturated heterocycles. The summed E-state index contributed by atoms with van der Waals surface area (Å²) in [5, 5.41) is 9.64. The molecule has 1 aromatic carbocycles. The lowest BCUT2D eigenvalue weighted by Crippen LogP contribution is -2.30. The number of aromatic nitrogens is 4. The van der Waals surface area contributed by atoms with Crippen molar-refractivity contribution in [2.75, 3.05) is 25.5 Å². The van der Waals surface area contributed by atoms with Crippen LogP contribution in [0.5, 0.6) is 5.88 Å². The number of hydrogen-bond donors (Lipinski definition) is 3. The minimum atomic E-state index is -0.872. The van der Waals surface area contributed by atoms with Crippen molar-refractivity contribution in [2.24, 2.45) is 11.7 Å². The van der Waals surface area contributed by atoms with Gasteiger partial charge < -0.3 is 35.2 Å². The fourth-order valence-corrected chi connectivity index (χ4v) is 5.22. The number of anilines is 1. The number of rotatable bonds is 14. The largest absolute Gasteiger partial charge is 0.444 e. The van der Waals surface area contributed by atoms with Crippen LogP contribution in [0, 0.1) is 5.92 Å². The molecule has 1 fully saturated rings. The second kappa shape index (κ2) is 15.1. The van der Waals surface area contributed by atoms with Gasteiger partial charge in [-0.15, -0.1) is 0 Å². The zero-order valence-corrected chi connectivity index (χ0v) is 28.4. The lowest BCUT2D eigenvalue weighted by Gasteiger charge is -2.23. The summed E-state index contributed by atoms with van der Waals surface area (Å²) in [6.45, 7) is 6.82. The molecule has 1 saturated carbocycles. The van der Waals surface area contributed by atoms with E-state index in [1.807, 2.05) is 20.8 Å². The maximum atomic E-state index is 13.3. The summed E-state index contributed by atoms with van der Waals surface area (Å²) in [5.74, 6) is -1.08. The maximum absolute atomic E-state index is 13.3. The number of primary amides is 1. The molecular formula is C35H40N8O7. The maximum Gasteiger partial charge on any atom is 0.413 e. The van der Waals surface area contributed by atoms with Crippen molar-refractivity contribution in [3.63, 3.8) is 0 Å². The Balaban J connectivity index is 1.31. The zero-order valence-electron chi connectivity index (χ0n) is 28.4. The molecular weight excluding hydrogens is 644 g/mol. The van der Waals surface area contributed by atoms with E-state index < -0.39 is 23.3 Å². The molecule has 0 aliphatic heterocycles. The molecule has 5 rings (SSSR count). The molecule has 4 amide bonds. The molecule has 0 bridgehead atoms. The standard InChI is InChI=1S/C35H40N8O7/c1-35(2,3)27-24(14-15-37-32(27)50-34(48)38-18-21-8-9-21)31-40-26(20-49-31)30(46)39-25-19-43(41-28(25)29(36)45)23-12-10-22(11-13-23)33(47)42(4)16-6-5-7-17-44/h10-15,17,19-21H,5-9,16,18H2,1-4H3,(H2,36,45)(H,38,48)(H,39,46). The Hall–Kier alpha value is -5.86. The highest BCUT2D eigenvalue weighted by Gasteiger charge is 2.30. The molecule has 1 aliphatic carbocycles. The smallest absolute Gasteiger partial charge is 0.413 e. The SMILES string of the molecule is CN(CCCCC=O)C(=O)c1ccc(-n2cc(NC(=O)c3coc(-c4ccnc(OC(=O)NCC5CC5)c4C(C)(C)C)n3)c(C(N)=O)n2)cc1. The fraction of sp³-hybridized carbons (Fsp3) is 0.371. The first-order valence-corrected chi connectivity index (χ1v) is 16.3. The molecule has 4 N–H and O–H groups in total. The number of ether oxygens (including phenoxy) is 1. The first kappa shape index (κ1) is 35.4. The van der Waals surface area contributed by atoms with E-state index in [0.717, 1.165) is 19.1 Å². The van der Waals surface area contributed by atoms with Crippen LogP contribution in [0.1, 0.15) is 89.8 Å². The first-order valence-electron chi connectivity index (χ1n) is 16.3. The number of nitrogens with two attached hydrogens (primary N) is 1. The molecule has 15 heteroatoms. The van der Waals surface area contributed by atoms with Gasteiger partial charge in [-0.1, -0.05) is 20.8 Å². The van der Waals surface area contributed by atoms with E-state index in [1.54, 1.807) is 42.3 Å². The molecule has 0 spiro atoms. The van der Waals surface area contributed by atoms with Crippen molar-refractivity contribution in [3.05, 3.63) is 71.5 Å². The van der Waals surface area contributed by atoms with Crippen LogP contribution in [0.15, 0.2) is 53.4 Å². The second-order valence-corrected chi connectivity index (χ2v) is 13.1. The Morgan fingerprint density at radius 3 is 2.52 bits per heavy atom. The van der Waals surface area contributed by atoms with Crippen molar-refractivity contribution >= 4 is 35.8 Å². The number of nitrogens with one attached hydrogen (secondary N) is 2. The third kappa shape index (κ3) is 8.59. The average Bonchev–Trinajstić information content (AvgIpc) is 3.60. The minimum Gasteiger partial charge on any atom is -0.444 e. The minimum absolute atomic E-state index is 0.0365. The monoisotopic (exact) mass is 684 g/mol. The number of benzene rings is 1. The highest BCUT2D eigenvalue weighted by Crippen LogP contribution is 2.38. The molecule has 15 nitrogen and oxygen atoms in total. The number of oxazole rings is 1. The van der Waals surface area contributed by atoms with Crippen LogP contribution in [0.2, 0.25) is 0 Å². The summed E-state index contributed by atoms with van der Waals surface area (Å²) in [7, 11) is 1.69. The topological polar surface area (TPSA) is 205 Å². The number of nitrogens with zero attached hydrogens (tertiary/aromatic N) is 5. The van der Waals surface area contributed by atoms with Crippen molar-refractivity contribution in [2.45, 2.75) is 58.3 Å². The van der Waals surface area contributed by atoms with E-state index in [9.17, 15) is 24.0 Å². The Kier molecular flexibility index (Phi) is 10.7. The molecule has 0 atom stereocenters. The number of amides is 4. The van der Waals surface area contributed by atoms with Gasteiger partial charge in [-0.25, -0.2) is 19.4 Å². The van der Waals surface area contributed by atoms with E-state index in [-0.39, 0.29) is 34.8 Å². The number of carbonyl (C=O) groups is 5. The van der Waals surface area contributed by atoms with Crippen LogP contribution in [0.25, 0.3) is 17.1 Å². The fourth-order valence-electron chi connectivity index (χ4n) is 5.22. The molecule has 3 heterocycles.